The van der Waals surface area contributed by atoms with Crippen molar-refractivity contribution in [3.8, 4) is 0 Å². The summed E-state index contributed by atoms with van der Waals surface area (Å²) in [6.07, 6.45) is 2.66. The first kappa shape index (κ1) is 40.2. The van der Waals surface area contributed by atoms with Crippen molar-refractivity contribution in [1.82, 2.24) is 0 Å². The van der Waals surface area contributed by atoms with Crippen LogP contribution in [-0.2, 0) is 4.28 Å². The fraction of sp³-hybridized carbons (Fsp3) is 0.818. The van der Waals surface area contributed by atoms with Gasteiger partial charge in [-0.2, -0.15) is 0 Å². The standard InChI is InChI=1S/C33H75PSi7/c1-23-24-34-30-28(31(35(2,3)4)36(5,6)7)25-27(26-29(30)32(37(8,9)10)38(11,12)13)33(39(14,15)16,40(17,18)19)41(20,21)22/h25-26,31-32,34H,23-24H2,1-22H3. The Kier molecular flexibility index (Phi) is 12.5. The molecule has 1 rings (SSSR count). The Morgan fingerprint density at radius 2 is 0.780 bits per heavy atom. The maximum atomic E-state index is 2.96. The molecule has 0 aliphatic heterocycles. The second kappa shape index (κ2) is 12.8. The van der Waals surface area contributed by atoms with E-state index in [1.54, 1.807) is 0 Å². The monoisotopic (exact) mass is 698 g/mol. The van der Waals surface area contributed by atoms with E-state index in [-0.39, 0.29) is 0 Å². The molecular formula is C33H75PSi7. The van der Waals surface area contributed by atoms with Crippen LogP contribution in [0.25, 0.3) is 0 Å². The highest BCUT2D eigenvalue weighted by molar-refractivity contribution is 7.47. The fourth-order valence-corrected chi connectivity index (χ4v) is 68.3. The van der Waals surface area contributed by atoms with Gasteiger partial charge in [0.15, 0.2) is 0 Å². The molecule has 0 amide bonds. The second-order valence-electron chi connectivity index (χ2n) is 20.8. The lowest BCUT2D eigenvalue weighted by molar-refractivity contribution is 0.995. The molecule has 0 saturated carbocycles. The van der Waals surface area contributed by atoms with Gasteiger partial charge in [0.1, 0.15) is 0 Å². The smallest absolute Gasteiger partial charge is 0.0499 e. The zero-order chi connectivity index (χ0) is 33.0. The van der Waals surface area contributed by atoms with Crippen LogP contribution in [0.4, 0.5) is 0 Å². The first-order chi connectivity index (χ1) is 17.8. The molecule has 0 aliphatic carbocycles. The van der Waals surface area contributed by atoms with E-state index in [1.165, 1.54) is 12.6 Å². The Morgan fingerprint density at radius 1 is 0.512 bits per heavy atom. The third-order valence-corrected chi connectivity index (χ3v) is 51.0. The van der Waals surface area contributed by atoms with Gasteiger partial charge >= 0.3 is 0 Å². The lowest BCUT2D eigenvalue weighted by atomic mass is 10.1. The summed E-state index contributed by atoms with van der Waals surface area (Å²) >= 11 is 0. The number of rotatable bonds is 13. The van der Waals surface area contributed by atoms with Crippen molar-refractivity contribution in [1.29, 1.82) is 0 Å². The van der Waals surface area contributed by atoms with Gasteiger partial charge in [-0.25, -0.2) is 0 Å². The van der Waals surface area contributed by atoms with Crippen molar-refractivity contribution in [2.75, 3.05) is 6.16 Å². The molecule has 0 aliphatic rings. The van der Waals surface area contributed by atoms with Gasteiger partial charge in [-0.1, -0.05) is 172 Å². The van der Waals surface area contributed by atoms with Crippen LogP contribution in [0.15, 0.2) is 12.1 Å². The molecule has 1 atom stereocenters. The van der Waals surface area contributed by atoms with Crippen LogP contribution >= 0.6 is 8.58 Å². The van der Waals surface area contributed by atoms with Crippen LogP contribution in [0.5, 0.6) is 0 Å². The highest BCUT2D eigenvalue weighted by Crippen LogP contribution is 2.52. The van der Waals surface area contributed by atoms with Crippen LogP contribution < -0.4 is 5.30 Å². The zero-order valence-electron chi connectivity index (χ0n) is 32.2. The summed E-state index contributed by atoms with van der Waals surface area (Å²) in [7, 11) is -9.81. The summed E-state index contributed by atoms with van der Waals surface area (Å²) in [5.74, 6) is 0. The molecule has 8 heteroatoms. The maximum absolute atomic E-state index is 2.96. The molecular weight excluding hydrogens is 624 g/mol. The molecule has 0 aromatic heterocycles. The van der Waals surface area contributed by atoms with Gasteiger partial charge in [-0.05, 0) is 42.8 Å². The summed E-state index contributed by atoms with van der Waals surface area (Å²) in [4.78, 5) is 0. The highest BCUT2D eigenvalue weighted by atomic mass is 31.1. The molecule has 0 nitrogen and oxygen atoms in total. The molecule has 1 aromatic carbocycles. The topological polar surface area (TPSA) is 0 Å². The van der Waals surface area contributed by atoms with Crippen molar-refractivity contribution in [2.45, 2.75) is 165 Å². The summed E-state index contributed by atoms with van der Waals surface area (Å²) in [5.41, 5.74) is 5.60. The van der Waals surface area contributed by atoms with Crippen LogP contribution in [-0.4, -0.2) is 62.7 Å². The Balaban J connectivity index is 4.85. The second-order valence-corrected chi connectivity index (χ2v) is 61.8. The first-order valence-corrected chi connectivity index (χ1v) is 42.7. The predicted molar refractivity (Wildman–Crippen MR) is 220 cm³/mol. The van der Waals surface area contributed by atoms with E-state index in [9.17, 15) is 0 Å². The third-order valence-electron chi connectivity index (χ3n) is 9.65. The molecule has 1 aromatic rings. The first-order valence-electron chi connectivity index (χ1n) is 16.7. The molecule has 0 spiro atoms. The summed E-state index contributed by atoms with van der Waals surface area (Å²) in [6.45, 7) is 59.6. The van der Waals surface area contributed by atoms with Gasteiger partial charge in [0.05, 0.1) is 0 Å². The largest absolute Gasteiger partial charge is 0.0898 e. The molecule has 240 valence electrons. The minimum absolute atomic E-state index is 0.426. The van der Waals surface area contributed by atoms with Gasteiger partial charge in [-0.3, -0.25) is 0 Å². The van der Waals surface area contributed by atoms with Crippen molar-refractivity contribution < 1.29 is 0 Å². The predicted octanol–water partition coefficient (Wildman–Crippen LogP) is 11.9. The number of hydrogen-bond acceptors (Lipinski definition) is 0. The minimum Gasteiger partial charge on any atom is -0.0898 e. The summed E-state index contributed by atoms with van der Waals surface area (Å²) in [5, 5.41) is 3.48. The lowest BCUT2D eigenvalue weighted by Crippen LogP contribution is -2.74. The highest BCUT2D eigenvalue weighted by Gasteiger charge is 2.61. The van der Waals surface area contributed by atoms with E-state index in [0.717, 1.165) is 18.9 Å². The minimum atomic E-state index is -1.62. The molecule has 0 radical (unpaired) electrons. The molecule has 1 unspecified atom stereocenters. The van der Waals surface area contributed by atoms with Crippen molar-refractivity contribution in [3.63, 3.8) is 0 Å². The number of hydrogen-bond donors (Lipinski definition) is 0. The Bertz CT molecular complexity index is 914. The Labute approximate surface area is 269 Å². The van der Waals surface area contributed by atoms with Crippen molar-refractivity contribution >= 4 is 70.4 Å². The van der Waals surface area contributed by atoms with E-state index in [0.29, 0.717) is 4.28 Å². The van der Waals surface area contributed by atoms with Gasteiger partial charge in [0, 0.05) is 56.5 Å². The maximum Gasteiger partial charge on any atom is 0.0499 e. The molecule has 0 fully saturated rings. The number of benzene rings is 1. The summed E-state index contributed by atoms with van der Waals surface area (Å²) < 4.78 is 0.426. The van der Waals surface area contributed by atoms with Gasteiger partial charge in [-0.15, -0.1) is 0 Å². The normalized spacial score (nSPS) is 15.6. The molecule has 0 N–H and O–H groups in total. The third kappa shape index (κ3) is 8.51. The van der Waals surface area contributed by atoms with Gasteiger partial charge < -0.3 is 0 Å². The fourth-order valence-electron chi connectivity index (χ4n) is 11.0. The van der Waals surface area contributed by atoms with Crippen molar-refractivity contribution in [3.05, 3.63) is 28.8 Å². The SMILES string of the molecule is CCCPc1c(C([Si](C)(C)C)[Si](C)(C)C)cc(C([Si](C)(C)C)([Si](C)(C)C)[Si](C)(C)C)cc1C([Si](C)(C)C)[Si](C)(C)C. The molecule has 0 saturated heterocycles. The zero-order valence-corrected chi connectivity index (χ0v) is 40.2. The van der Waals surface area contributed by atoms with Gasteiger partial charge in [0.2, 0.25) is 0 Å². The van der Waals surface area contributed by atoms with E-state index in [1.807, 2.05) is 22.0 Å². The lowest BCUT2D eigenvalue weighted by Gasteiger charge is -2.60. The van der Waals surface area contributed by atoms with Crippen molar-refractivity contribution in [2.24, 2.45) is 0 Å². The van der Waals surface area contributed by atoms with Crippen LogP contribution in [0, 0.1) is 0 Å². The quantitative estimate of drug-likeness (QED) is 0.142. The Hall–Kier alpha value is 1.17. The van der Waals surface area contributed by atoms with E-state index in [2.05, 4.69) is 157 Å². The molecule has 0 heterocycles. The Morgan fingerprint density at radius 3 is 0.976 bits per heavy atom. The molecule has 41 heavy (non-hydrogen) atoms. The molecule has 0 bridgehead atoms. The average molecular weight is 700 g/mol. The average Bonchev–Trinajstić information content (AvgIpc) is 2.59. The van der Waals surface area contributed by atoms with E-state index < -0.39 is 56.5 Å². The van der Waals surface area contributed by atoms with E-state index >= 15 is 0 Å². The summed E-state index contributed by atoms with van der Waals surface area (Å²) in [6, 6.07) is 5.92. The van der Waals surface area contributed by atoms with Gasteiger partial charge in [0.25, 0.3) is 0 Å². The van der Waals surface area contributed by atoms with Crippen LogP contribution in [0.1, 0.15) is 40.4 Å². The van der Waals surface area contributed by atoms with Crippen LogP contribution in [0.2, 0.25) is 137 Å². The van der Waals surface area contributed by atoms with E-state index in [4.69, 9.17) is 0 Å². The van der Waals surface area contributed by atoms with Crippen LogP contribution in [0.3, 0.4) is 0 Å².